The van der Waals surface area contributed by atoms with Crippen LogP contribution in [0.4, 0.5) is 20.4 Å². The van der Waals surface area contributed by atoms with Gasteiger partial charge in [0.2, 0.25) is 11.6 Å². The molecule has 2 aromatic carbocycles. The van der Waals surface area contributed by atoms with Gasteiger partial charge in [-0.3, -0.25) is 4.79 Å². The maximum atomic E-state index is 14.2. The highest BCUT2D eigenvalue weighted by Gasteiger charge is 2.47. The Labute approximate surface area is 202 Å². The minimum absolute atomic E-state index is 0.0243. The van der Waals surface area contributed by atoms with Crippen LogP contribution >= 0.6 is 0 Å². The summed E-state index contributed by atoms with van der Waals surface area (Å²) < 4.78 is 35.1. The Hall–Kier alpha value is -4.93. The number of aromatic nitrogens is 5. The lowest BCUT2D eigenvalue weighted by Crippen LogP contribution is -2.33. The zero-order valence-electron chi connectivity index (χ0n) is 18.7. The molecular weight excluding hydrogens is 468 g/mol. The molecule has 4 heterocycles. The molecule has 1 amide bonds. The molecule has 0 bridgehead atoms. The second-order valence-corrected chi connectivity index (χ2v) is 8.36. The lowest BCUT2D eigenvalue weighted by atomic mass is 9.78. The van der Waals surface area contributed by atoms with Crippen LogP contribution in [0.15, 0.2) is 67.1 Å². The first-order valence-corrected chi connectivity index (χ1v) is 10.9. The first-order chi connectivity index (χ1) is 17.3. The van der Waals surface area contributed by atoms with E-state index >= 15 is 0 Å². The number of benzene rings is 2. The third-order valence-electron chi connectivity index (χ3n) is 6.16. The van der Waals surface area contributed by atoms with E-state index in [0.717, 1.165) is 0 Å². The number of nitrogen functional groups attached to an aromatic ring is 1. The van der Waals surface area contributed by atoms with E-state index in [4.69, 9.17) is 10.5 Å². The van der Waals surface area contributed by atoms with Gasteiger partial charge in [-0.15, -0.1) is 0 Å². The molecule has 178 valence electrons. The van der Waals surface area contributed by atoms with E-state index in [2.05, 4.69) is 25.3 Å². The number of nitrogens with zero attached hydrogens (tertiary/aromatic N) is 5. The number of nitrogens with one attached hydrogen (secondary N) is 1. The Bertz CT molecular complexity index is 1670. The average Bonchev–Trinajstić information content (AvgIpc) is 3.44. The third-order valence-corrected chi connectivity index (χ3v) is 6.16. The molecule has 0 saturated carbocycles. The number of carbonyl (C=O) groups is 1. The van der Waals surface area contributed by atoms with Crippen LogP contribution in [0.3, 0.4) is 0 Å². The number of carbonyl (C=O) groups excluding carboxylic acids is 1. The monoisotopic (exact) mass is 485 g/mol. The fourth-order valence-corrected chi connectivity index (χ4v) is 4.29. The van der Waals surface area contributed by atoms with Crippen molar-refractivity contribution >= 4 is 23.2 Å². The SMILES string of the molecule is CC1(c2ccc(F)cc2)C(=O)Nc2nc(-c3cn4ccnc4c(Oc4ccccc4F)n3)nc(N)c21. The largest absolute Gasteiger partial charge is 0.433 e. The number of nitrogens with two attached hydrogens (primary N) is 1. The molecule has 0 aliphatic carbocycles. The van der Waals surface area contributed by atoms with Gasteiger partial charge < -0.3 is 20.2 Å². The highest BCUT2D eigenvalue weighted by molar-refractivity contribution is 6.09. The molecule has 11 heteroatoms. The van der Waals surface area contributed by atoms with Gasteiger partial charge in [-0.25, -0.2) is 28.7 Å². The quantitative estimate of drug-likeness (QED) is 0.393. The zero-order valence-corrected chi connectivity index (χ0v) is 18.7. The molecule has 0 radical (unpaired) electrons. The van der Waals surface area contributed by atoms with Crippen molar-refractivity contribution in [3.63, 3.8) is 0 Å². The van der Waals surface area contributed by atoms with Crippen molar-refractivity contribution in [2.75, 3.05) is 11.1 Å². The van der Waals surface area contributed by atoms with Gasteiger partial charge in [0.15, 0.2) is 17.4 Å². The highest BCUT2D eigenvalue weighted by Crippen LogP contribution is 2.45. The number of anilines is 2. The summed E-state index contributed by atoms with van der Waals surface area (Å²) in [4.78, 5) is 30.7. The van der Waals surface area contributed by atoms with E-state index in [1.807, 2.05) is 0 Å². The van der Waals surface area contributed by atoms with Crippen LogP contribution in [0.2, 0.25) is 0 Å². The number of halogens is 2. The Morgan fingerprint density at radius 1 is 1.06 bits per heavy atom. The molecule has 9 nitrogen and oxygen atoms in total. The van der Waals surface area contributed by atoms with Crippen molar-refractivity contribution < 1.29 is 18.3 Å². The van der Waals surface area contributed by atoms with E-state index in [1.165, 1.54) is 36.4 Å². The van der Waals surface area contributed by atoms with E-state index < -0.39 is 17.0 Å². The minimum atomic E-state index is -1.22. The van der Waals surface area contributed by atoms with Crippen LogP contribution in [0.5, 0.6) is 11.6 Å². The van der Waals surface area contributed by atoms with Crippen molar-refractivity contribution in [2.24, 2.45) is 0 Å². The Kier molecular flexibility index (Phi) is 4.68. The van der Waals surface area contributed by atoms with Gasteiger partial charge in [-0.05, 0) is 36.8 Å². The summed E-state index contributed by atoms with van der Waals surface area (Å²) in [5, 5.41) is 2.75. The van der Waals surface area contributed by atoms with Crippen LogP contribution in [0.25, 0.3) is 17.2 Å². The lowest BCUT2D eigenvalue weighted by molar-refractivity contribution is -0.119. The van der Waals surface area contributed by atoms with Gasteiger partial charge >= 0.3 is 0 Å². The first kappa shape index (κ1) is 21.6. The smallest absolute Gasteiger partial charge is 0.264 e. The molecule has 1 atom stereocenters. The molecule has 5 aromatic rings. The summed E-state index contributed by atoms with van der Waals surface area (Å²) in [7, 11) is 0. The number of amides is 1. The number of hydrogen-bond donors (Lipinski definition) is 2. The van der Waals surface area contributed by atoms with Gasteiger partial charge in [0, 0.05) is 18.6 Å². The molecule has 36 heavy (non-hydrogen) atoms. The predicted molar refractivity (Wildman–Crippen MR) is 126 cm³/mol. The van der Waals surface area contributed by atoms with Gasteiger partial charge in [-0.2, -0.15) is 0 Å². The topological polar surface area (TPSA) is 120 Å². The Morgan fingerprint density at radius 2 is 1.83 bits per heavy atom. The van der Waals surface area contributed by atoms with Crippen molar-refractivity contribution in [3.05, 3.63) is 89.9 Å². The fraction of sp³-hybridized carbons (Fsp3) is 0.0800. The average molecular weight is 485 g/mol. The first-order valence-electron chi connectivity index (χ1n) is 10.9. The summed E-state index contributed by atoms with van der Waals surface area (Å²) >= 11 is 0. The third kappa shape index (κ3) is 3.24. The summed E-state index contributed by atoms with van der Waals surface area (Å²) in [6, 6.07) is 11.5. The molecule has 0 saturated heterocycles. The second-order valence-electron chi connectivity index (χ2n) is 8.36. The van der Waals surface area contributed by atoms with Gasteiger partial charge in [0.1, 0.15) is 28.6 Å². The number of imidazole rings is 1. The summed E-state index contributed by atoms with van der Waals surface area (Å²) in [5.41, 5.74) is 6.67. The summed E-state index contributed by atoms with van der Waals surface area (Å²) in [6.07, 6.45) is 4.83. The molecule has 1 aliphatic rings. The number of hydrogen-bond acceptors (Lipinski definition) is 7. The Morgan fingerprint density at radius 3 is 2.61 bits per heavy atom. The second kappa shape index (κ2) is 7.80. The van der Waals surface area contributed by atoms with Gasteiger partial charge in [-0.1, -0.05) is 24.3 Å². The number of para-hydroxylation sites is 1. The van der Waals surface area contributed by atoms with Crippen molar-refractivity contribution in [2.45, 2.75) is 12.3 Å². The summed E-state index contributed by atoms with van der Waals surface area (Å²) in [5.74, 6) is -0.949. The van der Waals surface area contributed by atoms with E-state index in [0.29, 0.717) is 16.8 Å². The molecular formula is C25H17F2N7O2. The number of rotatable bonds is 4. The standard InChI is InChI=1S/C25H17F2N7O2/c1-25(13-6-8-14(26)9-7-13)18-19(28)31-20(32-21(18)33-24(25)35)16-12-34-11-10-29-22(34)23(30-16)36-17-5-3-2-4-15(17)27/h2-12H,1H3,(H3,28,31,32,33,35). The Balaban J connectivity index is 1.47. The molecule has 1 aliphatic heterocycles. The van der Waals surface area contributed by atoms with Crippen LogP contribution < -0.4 is 15.8 Å². The summed E-state index contributed by atoms with van der Waals surface area (Å²) in [6.45, 7) is 1.68. The molecule has 3 aromatic heterocycles. The van der Waals surface area contributed by atoms with E-state index in [9.17, 15) is 13.6 Å². The molecule has 0 fully saturated rings. The highest BCUT2D eigenvalue weighted by atomic mass is 19.1. The molecule has 3 N–H and O–H groups in total. The zero-order chi connectivity index (χ0) is 25.0. The van der Waals surface area contributed by atoms with Crippen LogP contribution in [0, 0.1) is 11.6 Å². The van der Waals surface area contributed by atoms with Gasteiger partial charge in [0.25, 0.3) is 5.88 Å². The number of fused-ring (bicyclic) bond motifs is 2. The minimum Gasteiger partial charge on any atom is -0.433 e. The van der Waals surface area contributed by atoms with Gasteiger partial charge in [0.05, 0.1) is 5.56 Å². The van der Waals surface area contributed by atoms with E-state index in [1.54, 1.807) is 42.0 Å². The van der Waals surface area contributed by atoms with Crippen molar-refractivity contribution in [1.82, 2.24) is 24.3 Å². The predicted octanol–water partition coefficient (Wildman–Crippen LogP) is 4.10. The molecule has 6 rings (SSSR count). The number of ether oxygens (including phenoxy) is 1. The maximum Gasteiger partial charge on any atom is 0.264 e. The lowest BCUT2D eigenvalue weighted by Gasteiger charge is -2.23. The van der Waals surface area contributed by atoms with Crippen molar-refractivity contribution in [1.29, 1.82) is 0 Å². The van der Waals surface area contributed by atoms with Crippen LogP contribution in [-0.4, -0.2) is 30.2 Å². The van der Waals surface area contributed by atoms with Crippen LogP contribution in [-0.2, 0) is 10.2 Å². The molecule has 1 unspecified atom stereocenters. The maximum absolute atomic E-state index is 14.2. The van der Waals surface area contributed by atoms with Crippen molar-refractivity contribution in [3.8, 4) is 23.1 Å². The molecule has 0 spiro atoms. The normalized spacial score (nSPS) is 16.7. The van der Waals surface area contributed by atoms with Crippen LogP contribution in [0.1, 0.15) is 18.1 Å². The van der Waals surface area contributed by atoms with E-state index in [-0.39, 0.29) is 40.7 Å². The fourth-order valence-electron chi connectivity index (χ4n) is 4.29.